The van der Waals surface area contributed by atoms with Crippen LogP contribution in [0.2, 0.25) is 0 Å². The molecule has 9 nitrogen and oxygen atoms in total. The average molecular weight is 463 g/mol. The SMILES string of the molecule is CSCCC(NC(=O)C1CCCN1C(=O)C(N)CC(C)C)C(=O)NC(CS)C(=O)O. The number of carboxylic acid groups (broad SMARTS) is 1. The monoisotopic (exact) mass is 462 g/mol. The van der Waals surface area contributed by atoms with Gasteiger partial charge in [-0.3, -0.25) is 14.4 Å². The van der Waals surface area contributed by atoms with Gasteiger partial charge in [-0.2, -0.15) is 24.4 Å². The summed E-state index contributed by atoms with van der Waals surface area (Å²) in [7, 11) is 0. The van der Waals surface area contributed by atoms with Gasteiger partial charge in [0.15, 0.2) is 0 Å². The molecule has 5 N–H and O–H groups in total. The smallest absolute Gasteiger partial charge is 0.327 e. The Bertz CT molecular complexity index is 620. The molecule has 1 saturated heterocycles. The van der Waals surface area contributed by atoms with Crippen LogP contribution in [0.1, 0.15) is 39.5 Å². The third-order valence-electron chi connectivity index (χ3n) is 4.92. The number of nitrogens with two attached hydrogens (primary N) is 1. The standard InChI is InChI=1S/C19H34N4O5S2/c1-11(2)9-12(20)18(26)23-7-4-5-15(23)17(25)21-13(6-8-30-3)16(24)22-14(10-29)19(27)28/h11-15,29H,4-10,20H2,1-3H3,(H,21,25)(H,22,24)(H,27,28). The van der Waals surface area contributed by atoms with Crippen LogP contribution in [0.5, 0.6) is 0 Å². The number of carboxylic acids is 1. The van der Waals surface area contributed by atoms with Gasteiger partial charge in [-0.15, -0.1) is 0 Å². The molecule has 3 amide bonds. The minimum atomic E-state index is -1.19. The van der Waals surface area contributed by atoms with Gasteiger partial charge in [0.05, 0.1) is 6.04 Å². The molecule has 1 fully saturated rings. The summed E-state index contributed by atoms with van der Waals surface area (Å²) in [6, 6.07) is -3.39. The second-order valence-corrected chi connectivity index (χ2v) is 9.20. The molecule has 0 aliphatic carbocycles. The fourth-order valence-electron chi connectivity index (χ4n) is 3.35. The number of nitrogens with zero attached hydrogens (tertiary/aromatic N) is 1. The Hall–Kier alpha value is -1.46. The molecule has 1 rings (SSSR count). The van der Waals surface area contributed by atoms with Crippen molar-refractivity contribution in [2.24, 2.45) is 11.7 Å². The average Bonchev–Trinajstić information content (AvgIpc) is 3.17. The first-order valence-electron chi connectivity index (χ1n) is 10.1. The van der Waals surface area contributed by atoms with E-state index in [4.69, 9.17) is 10.8 Å². The number of carbonyl (C=O) groups is 4. The summed E-state index contributed by atoms with van der Waals surface area (Å²) in [5.41, 5.74) is 6.02. The molecule has 4 atom stereocenters. The third-order valence-corrected chi connectivity index (χ3v) is 5.93. The Balaban J connectivity index is 2.85. The highest BCUT2D eigenvalue weighted by molar-refractivity contribution is 7.98. The molecule has 4 unspecified atom stereocenters. The largest absolute Gasteiger partial charge is 0.480 e. The van der Waals surface area contributed by atoms with Crippen LogP contribution in [0.15, 0.2) is 0 Å². The van der Waals surface area contributed by atoms with Crippen LogP contribution in [0, 0.1) is 5.92 Å². The molecule has 1 heterocycles. The minimum Gasteiger partial charge on any atom is -0.480 e. The maximum absolute atomic E-state index is 12.9. The maximum Gasteiger partial charge on any atom is 0.327 e. The fraction of sp³-hybridized carbons (Fsp3) is 0.789. The summed E-state index contributed by atoms with van der Waals surface area (Å²) < 4.78 is 0. The van der Waals surface area contributed by atoms with E-state index in [0.717, 1.165) is 0 Å². The van der Waals surface area contributed by atoms with Gasteiger partial charge >= 0.3 is 5.97 Å². The number of nitrogens with one attached hydrogen (secondary N) is 2. The van der Waals surface area contributed by atoms with E-state index >= 15 is 0 Å². The van der Waals surface area contributed by atoms with Crippen LogP contribution in [-0.4, -0.2) is 82.2 Å². The molecule has 0 saturated carbocycles. The molecule has 0 aromatic heterocycles. The Kier molecular flexibility index (Phi) is 11.6. The summed E-state index contributed by atoms with van der Waals surface area (Å²) in [5, 5.41) is 14.2. The summed E-state index contributed by atoms with van der Waals surface area (Å²) in [4.78, 5) is 50.9. The predicted molar refractivity (Wildman–Crippen MR) is 121 cm³/mol. The first-order valence-corrected chi connectivity index (χ1v) is 12.1. The zero-order chi connectivity index (χ0) is 22.8. The number of aliphatic carboxylic acids is 1. The molecule has 30 heavy (non-hydrogen) atoms. The minimum absolute atomic E-state index is 0.0666. The lowest BCUT2D eigenvalue weighted by Crippen LogP contribution is -2.57. The number of carbonyl (C=O) groups excluding carboxylic acids is 3. The maximum atomic E-state index is 12.9. The quantitative estimate of drug-likeness (QED) is 0.259. The van der Waals surface area contributed by atoms with Crippen LogP contribution >= 0.6 is 24.4 Å². The van der Waals surface area contributed by atoms with Crippen molar-refractivity contribution in [1.29, 1.82) is 0 Å². The van der Waals surface area contributed by atoms with Gasteiger partial charge in [-0.05, 0) is 43.6 Å². The highest BCUT2D eigenvalue weighted by Gasteiger charge is 2.37. The second kappa shape index (κ2) is 13.1. The van der Waals surface area contributed by atoms with E-state index in [9.17, 15) is 19.2 Å². The van der Waals surface area contributed by atoms with E-state index < -0.39 is 42.0 Å². The molecule has 0 radical (unpaired) electrons. The van der Waals surface area contributed by atoms with Gasteiger partial charge in [0.25, 0.3) is 0 Å². The zero-order valence-corrected chi connectivity index (χ0v) is 19.5. The van der Waals surface area contributed by atoms with Crippen molar-refractivity contribution in [2.75, 3.05) is 24.3 Å². The Labute approximate surface area is 187 Å². The lowest BCUT2D eigenvalue weighted by Gasteiger charge is -2.29. The van der Waals surface area contributed by atoms with Gasteiger partial charge in [0, 0.05) is 12.3 Å². The molecule has 0 aromatic carbocycles. The van der Waals surface area contributed by atoms with E-state index in [1.54, 1.807) is 0 Å². The molecule has 0 spiro atoms. The molecule has 172 valence electrons. The van der Waals surface area contributed by atoms with E-state index in [2.05, 4.69) is 23.3 Å². The van der Waals surface area contributed by atoms with E-state index in [1.807, 2.05) is 20.1 Å². The predicted octanol–water partition coefficient (Wildman–Crippen LogP) is 0.0879. The number of hydrogen-bond acceptors (Lipinski definition) is 7. The van der Waals surface area contributed by atoms with Gasteiger partial charge in [0.1, 0.15) is 18.1 Å². The van der Waals surface area contributed by atoms with Crippen molar-refractivity contribution < 1.29 is 24.3 Å². The topological polar surface area (TPSA) is 142 Å². The van der Waals surface area contributed by atoms with E-state index in [-0.39, 0.29) is 17.6 Å². The number of hydrogen-bond donors (Lipinski definition) is 5. The van der Waals surface area contributed by atoms with Crippen LogP contribution in [-0.2, 0) is 19.2 Å². The van der Waals surface area contributed by atoms with Crippen LogP contribution in [0.3, 0.4) is 0 Å². The number of thioether (sulfide) groups is 1. The van der Waals surface area contributed by atoms with Crippen molar-refractivity contribution in [2.45, 2.75) is 63.7 Å². The van der Waals surface area contributed by atoms with Gasteiger partial charge in [0.2, 0.25) is 17.7 Å². The van der Waals surface area contributed by atoms with Crippen molar-refractivity contribution in [3.8, 4) is 0 Å². The van der Waals surface area contributed by atoms with Crippen molar-refractivity contribution in [3.05, 3.63) is 0 Å². The number of rotatable bonds is 12. The fourth-order valence-corrected chi connectivity index (χ4v) is 4.07. The van der Waals surface area contributed by atoms with Crippen LogP contribution < -0.4 is 16.4 Å². The van der Waals surface area contributed by atoms with Crippen LogP contribution in [0.4, 0.5) is 0 Å². The van der Waals surface area contributed by atoms with Crippen molar-refractivity contribution in [3.63, 3.8) is 0 Å². The lowest BCUT2D eigenvalue weighted by atomic mass is 10.0. The number of likely N-dealkylation sites (tertiary alicyclic amines) is 1. The second-order valence-electron chi connectivity index (χ2n) is 7.85. The Morgan fingerprint density at radius 1 is 1.23 bits per heavy atom. The molecule has 1 aliphatic heterocycles. The van der Waals surface area contributed by atoms with E-state index in [1.165, 1.54) is 16.7 Å². The van der Waals surface area contributed by atoms with E-state index in [0.29, 0.717) is 38.0 Å². The number of amides is 3. The highest BCUT2D eigenvalue weighted by atomic mass is 32.2. The molecular weight excluding hydrogens is 428 g/mol. The summed E-state index contributed by atoms with van der Waals surface area (Å²) in [6.45, 7) is 4.40. The van der Waals surface area contributed by atoms with Crippen molar-refractivity contribution in [1.82, 2.24) is 15.5 Å². The lowest BCUT2D eigenvalue weighted by molar-refractivity contribution is -0.142. The van der Waals surface area contributed by atoms with Gasteiger partial charge in [-0.25, -0.2) is 4.79 Å². The Morgan fingerprint density at radius 3 is 2.43 bits per heavy atom. The molecule has 11 heteroatoms. The summed E-state index contributed by atoms with van der Waals surface area (Å²) >= 11 is 5.45. The molecule has 1 aliphatic rings. The van der Waals surface area contributed by atoms with Gasteiger partial charge in [-0.1, -0.05) is 13.8 Å². The van der Waals surface area contributed by atoms with Crippen LogP contribution in [0.25, 0.3) is 0 Å². The first kappa shape index (κ1) is 26.6. The zero-order valence-electron chi connectivity index (χ0n) is 17.8. The Morgan fingerprint density at radius 2 is 1.90 bits per heavy atom. The van der Waals surface area contributed by atoms with Crippen molar-refractivity contribution >= 4 is 48.1 Å². The number of thiol groups is 1. The summed E-state index contributed by atoms with van der Waals surface area (Å²) in [6.07, 6.45) is 3.92. The highest BCUT2D eigenvalue weighted by Crippen LogP contribution is 2.20. The first-order chi connectivity index (χ1) is 14.1. The molecular formula is C19H34N4O5S2. The molecule has 0 bridgehead atoms. The normalized spacial score (nSPS) is 19.3. The third kappa shape index (κ3) is 7.99. The molecule has 0 aromatic rings. The summed E-state index contributed by atoms with van der Waals surface area (Å²) in [5.74, 6) is -1.66. The van der Waals surface area contributed by atoms with Gasteiger partial charge < -0.3 is 26.4 Å².